The van der Waals surface area contributed by atoms with E-state index in [0.29, 0.717) is 17.2 Å². The van der Waals surface area contributed by atoms with Gasteiger partial charge in [0.2, 0.25) is 5.91 Å². The van der Waals surface area contributed by atoms with Gasteiger partial charge >= 0.3 is 0 Å². The number of aryl methyl sites for hydroxylation is 1. The molecule has 2 aliphatic heterocycles. The van der Waals surface area contributed by atoms with E-state index in [1.807, 2.05) is 0 Å². The molecular weight excluding hydrogens is 469 g/mol. The third-order valence-electron chi connectivity index (χ3n) is 6.06. The van der Waals surface area contributed by atoms with Crippen molar-refractivity contribution in [2.75, 3.05) is 15.6 Å². The minimum Gasteiger partial charge on any atom is -0.304 e. The van der Waals surface area contributed by atoms with Crippen LogP contribution in [0.3, 0.4) is 0 Å². The van der Waals surface area contributed by atoms with E-state index >= 15 is 0 Å². The molecule has 1 spiro atoms. The van der Waals surface area contributed by atoms with E-state index in [1.165, 1.54) is 29.2 Å². The Kier molecular flexibility index (Phi) is 4.84. The molecule has 2 heterocycles. The van der Waals surface area contributed by atoms with Crippen LogP contribution in [0.5, 0.6) is 0 Å². The number of rotatable bonds is 3. The lowest BCUT2D eigenvalue weighted by Crippen LogP contribution is -2.54. The first-order chi connectivity index (χ1) is 16.1. The van der Waals surface area contributed by atoms with E-state index in [1.54, 1.807) is 25.1 Å². The fourth-order valence-corrected chi connectivity index (χ4v) is 6.68. The first kappa shape index (κ1) is 22.1. The predicted molar refractivity (Wildman–Crippen MR) is 118 cm³/mol. The van der Waals surface area contributed by atoms with Crippen LogP contribution in [0.25, 0.3) is 0 Å². The van der Waals surface area contributed by atoms with Gasteiger partial charge in [-0.25, -0.2) is 21.6 Å². The number of benzene rings is 3. The number of hydrogen-bond donors (Lipinski definition) is 0. The van der Waals surface area contributed by atoms with Crippen LogP contribution in [0, 0.1) is 24.4 Å². The molecule has 5 rings (SSSR count). The molecule has 0 radical (unpaired) electrons. The molecule has 0 aliphatic carbocycles. The molecule has 1 unspecified atom stereocenters. The molecule has 2 amide bonds. The second kappa shape index (κ2) is 7.42. The zero-order valence-electron chi connectivity index (χ0n) is 17.8. The summed E-state index contributed by atoms with van der Waals surface area (Å²) in [6, 6.07) is 12.7. The van der Waals surface area contributed by atoms with Gasteiger partial charge < -0.3 is 4.90 Å². The molecule has 34 heavy (non-hydrogen) atoms. The van der Waals surface area contributed by atoms with Crippen LogP contribution in [0.15, 0.2) is 60.7 Å². The highest BCUT2D eigenvalue weighted by molar-refractivity contribution is 7.94. The van der Waals surface area contributed by atoms with E-state index in [4.69, 9.17) is 0 Å². The van der Waals surface area contributed by atoms with Gasteiger partial charge in [0.25, 0.3) is 10.8 Å². The Morgan fingerprint density at radius 2 is 1.71 bits per heavy atom. The molecule has 1 fully saturated rings. The number of fused-ring (bicyclic) bond motifs is 2. The summed E-state index contributed by atoms with van der Waals surface area (Å²) in [5.74, 6) is -5.90. The fraction of sp³-hybridized carbons (Fsp3) is 0.167. The second-order valence-electron chi connectivity index (χ2n) is 8.27. The number of sulfone groups is 1. The second-order valence-corrected chi connectivity index (χ2v) is 10.4. The number of anilines is 2. The molecule has 2 aliphatic rings. The van der Waals surface area contributed by atoms with Gasteiger partial charge in [0.05, 0.1) is 12.2 Å². The average molecular weight is 486 g/mol. The molecule has 0 saturated carbocycles. The number of carbonyl (C=O) groups is 2. The molecule has 1 atom stereocenters. The Morgan fingerprint density at radius 1 is 0.941 bits per heavy atom. The van der Waals surface area contributed by atoms with Crippen LogP contribution >= 0.6 is 0 Å². The van der Waals surface area contributed by atoms with Gasteiger partial charge in [-0.05, 0) is 48.9 Å². The highest BCUT2D eigenvalue weighted by Crippen LogP contribution is 2.53. The maximum Gasteiger partial charge on any atom is 0.274 e. The monoisotopic (exact) mass is 486 g/mol. The van der Waals surface area contributed by atoms with Gasteiger partial charge in [0.1, 0.15) is 11.6 Å². The quantitative estimate of drug-likeness (QED) is 0.567. The number of amides is 2. The highest BCUT2D eigenvalue weighted by Gasteiger charge is 2.69. The lowest BCUT2D eigenvalue weighted by Gasteiger charge is -2.32. The molecule has 6 nitrogen and oxygen atoms in total. The normalized spacial score (nSPS) is 20.9. The van der Waals surface area contributed by atoms with Crippen LogP contribution in [-0.2, 0) is 30.8 Å². The summed E-state index contributed by atoms with van der Waals surface area (Å²) < 4.78 is 68.6. The van der Waals surface area contributed by atoms with Gasteiger partial charge in [-0.2, -0.15) is 0 Å². The molecule has 0 aromatic heterocycles. The Labute approximate surface area is 193 Å². The minimum absolute atomic E-state index is 0.0319. The molecule has 0 bridgehead atoms. The topological polar surface area (TPSA) is 74.8 Å². The Hall–Kier alpha value is -3.66. The van der Waals surface area contributed by atoms with Crippen LogP contribution < -0.4 is 9.80 Å². The minimum atomic E-state index is -4.47. The summed E-state index contributed by atoms with van der Waals surface area (Å²) in [6.07, 6.45) is 0. The van der Waals surface area contributed by atoms with Gasteiger partial charge in [-0.1, -0.05) is 23.8 Å². The standard InChI is InChI=1S/C24H17F3N2O4S/c1-14-5-8-21-18(9-14)24(23(31)28(21)12-15-3-2-4-16(25)10-15)29(22(30)13-34(24,32)33)17-6-7-19(26)20(27)11-17/h2-11H,12-13H2,1H3. The van der Waals surface area contributed by atoms with Crippen molar-refractivity contribution in [3.8, 4) is 0 Å². The summed E-state index contributed by atoms with van der Waals surface area (Å²) in [4.78, 5) is 26.4. The Morgan fingerprint density at radius 3 is 2.41 bits per heavy atom. The number of nitrogens with zero attached hydrogens (tertiary/aromatic N) is 2. The summed E-state index contributed by atoms with van der Waals surface area (Å²) >= 11 is 0. The molecule has 3 aromatic carbocycles. The van der Waals surface area contributed by atoms with Crippen LogP contribution in [-0.4, -0.2) is 26.0 Å². The number of hydrogen-bond acceptors (Lipinski definition) is 4. The summed E-state index contributed by atoms with van der Waals surface area (Å²) in [6.45, 7) is 1.53. The van der Waals surface area contributed by atoms with Crippen molar-refractivity contribution in [2.45, 2.75) is 18.3 Å². The van der Waals surface area contributed by atoms with E-state index in [9.17, 15) is 31.2 Å². The van der Waals surface area contributed by atoms with Crippen molar-refractivity contribution in [3.63, 3.8) is 0 Å². The molecule has 174 valence electrons. The van der Waals surface area contributed by atoms with Crippen LogP contribution in [0.2, 0.25) is 0 Å². The molecule has 10 heteroatoms. The number of carbonyl (C=O) groups excluding carboxylic acids is 2. The van der Waals surface area contributed by atoms with E-state index in [2.05, 4.69) is 0 Å². The summed E-state index contributed by atoms with van der Waals surface area (Å²) in [5.41, 5.74) is 1.02. The van der Waals surface area contributed by atoms with E-state index in [-0.39, 0.29) is 23.5 Å². The predicted octanol–water partition coefficient (Wildman–Crippen LogP) is 3.57. The lowest BCUT2D eigenvalue weighted by atomic mass is 10.0. The van der Waals surface area contributed by atoms with Gasteiger partial charge in [0.15, 0.2) is 21.5 Å². The Bertz CT molecular complexity index is 1490. The van der Waals surface area contributed by atoms with E-state index < -0.39 is 49.7 Å². The molecular formula is C24H17F3N2O4S. The maximum atomic E-state index is 14.1. The van der Waals surface area contributed by atoms with Crippen molar-refractivity contribution in [1.82, 2.24) is 0 Å². The third-order valence-corrected chi connectivity index (χ3v) is 8.17. The lowest BCUT2D eigenvalue weighted by molar-refractivity contribution is -0.123. The van der Waals surface area contributed by atoms with Gasteiger partial charge in [0, 0.05) is 17.3 Å². The van der Waals surface area contributed by atoms with Crippen molar-refractivity contribution < 1.29 is 31.2 Å². The third kappa shape index (κ3) is 2.98. The van der Waals surface area contributed by atoms with Crippen LogP contribution in [0.1, 0.15) is 16.7 Å². The SMILES string of the molecule is Cc1ccc2c(c1)C1(C(=O)N2Cc2cccc(F)c2)N(c2ccc(F)c(F)c2)C(=O)CS1(=O)=O. The van der Waals surface area contributed by atoms with Crippen molar-refractivity contribution in [3.05, 3.63) is 94.8 Å². The van der Waals surface area contributed by atoms with E-state index in [0.717, 1.165) is 17.0 Å². The maximum absolute atomic E-state index is 14.1. The fourth-order valence-electron chi connectivity index (χ4n) is 4.65. The molecule has 0 N–H and O–H groups in total. The molecule has 1 saturated heterocycles. The average Bonchev–Trinajstić information content (AvgIpc) is 3.12. The van der Waals surface area contributed by atoms with Gasteiger partial charge in [-0.15, -0.1) is 0 Å². The van der Waals surface area contributed by atoms with Crippen molar-refractivity contribution in [1.29, 1.82) is 0 Å². The van der Waals surface area contributed by atoms with Crippen molar-refractivity contribution >= 4 is 33.0 Å². The first-order valence-electron chi connectivity index (χ1n) is 10.2. The number of halogens is 3. The zero-order chi connectivity index (χ0) is 24.4. The smallest absolute Gasteiger partial charge is 0.274 e. The molecule has 3 aromatic rings. The highest BCUT2D eigenvalue weighted by atomic mass is 32.2. The van der Waals surface area contributed by atoms with Crippen LogP contribution in [0.4, 0.5) is 24.5 Å². The zero-order valence-corrected chi connectivity index (χ0v) is 18.6. The van der Waals surface area contributed by atoms with Gasteiger partial charge in [-0.3, -0.25) is 14.5 Å². The first-order valence-corrected chi connectivity index (χ1v) is 11.9. The van der Waals surface area contributed by atoms with Crippen molar-refractivity contribution in [2.24, 2.45) is 0 Å². The summed E-state index contributed by atoms with van der Waals surface area (Å²) in [5, 5.41) is 0. The Balaban J connectivity index is 1.77. The summed E-state index contributed by atoms with van der Waals surface area (Å²) in [7, 11) is -4.47. The largest absolute Gasteiger partial charge is 0.304 e.